The molecule has 0 fully saturated rings. The SMILES string of the molecule is C=CC(C)(C)/C(=N\O)c1ccc(Br)cc1. The molecule has 1 N–H and O–H groups in total. The van der Waals surface area contributed by atoms with Crippen molar-refractivity contribution in [3.63, 3.8) is 0 Å². The predicted molar refractivity (Wildman–Crippen MR) is 66.4 cm³/mol. The highest BCUT2D eigenvalue weighted by Crippen LogP contribution is 2.24. The number of hydrogen-bond donors (Lipinski definition) is 1. The molecular formula is C12H14BrNO. The lowest BCUT2D eigenvalue weighted by Gasteiger charge is -2.21. The van der Waals surface area contributed by atoms with Crippen LogP contribution in [0.1, 0.15) is 19.4 Å². The number of oxime groups is 1. The molecule has 2 nitrogen and oxygen atoms in total. The second-order valence-corrected chi connectivity index (χ2v) is 4.80. The first-order chi connectivity index (χ1) is 7.01. The zero-order chi connectivity index (χ0) is 11.5. The van der Waals surface area contributed by atoms with Crippen LogP contribution in [0.5, 0.6) is 0 Å². The Morgan fingerprint density at radius 3 is 2.33 bits per heavy atom. The highest BCUT2D eigenvalue weighted by Gasteiger charge is 2.23. The van der Waals surface area contributed by atoms with Gasteiger partial charge in [-0.2, -0.15) is 0 Å². The molecular weight excluding hydrogens is 254 g/mol. The van der Waals surface area contributed by atoms with Crippen LogP contribution in [0.25, 0.3) is 0 Å². The van der Waals surface area contributed by atoms with Crippen LogP contribution in [0.15, 0.2) is 46.5 Å². The van der Waals surface area contributed by atoms with Crippen LogP contribution in [0.3, 0.4) is 0 Å². The van der Waals surface area contributed by atoms with E-state index in [4.69, 9.17) is 5.21 Å². The van der Waals surface area contributed by atoms with Gasteiger partial charge in [-0.05, 0) is 12.1 Å². The molecule has 0 atom stereocenters. The normalized spacial score (nSPS) is 12.6. The average molecular weight is 268 g/mol. The third-order valence-electron chi connectivity index (χ3n) is 2.34. The molecule has 0 aliphatic rings. The lowest BCUT2D eigenvalue weighted by atomic mass is 9.84. The second-order valence-electron chi connectivity index (χ2n) is 3.88. The zero-order valence-electron chi connectivity index (χ0n) is 8.87. The standard InChI is InChI=1S/C12H14BrNO/c1-4-12(2,3)11(14-15)9-5-7-10(13)8-6-9/h4-8,15H,1H2,2-3H3/b14-11-. The summed E-state index contributed by atoms with van der Waals surface area (Å²) in [7, 11) is 0. The van der Waals surface area contributed by atoms with Crippen LogP contribution in [0, 0.1) is 5.41 Å². The first-order valence-electron chi connectivity index (χ1n) is 4.63. The molecule has 80 valence electrons. The van der Waals surface area contributed by atoms with Crippen LogP contribution < -0.4 is 0 Å². The summed E-state index contributed by atoms with van der Waals surface area (Å²) in [5.74, 6) is 0. The van der Waals surface area contributed by atoms with Gasteiger partial charge < -0.3 is 5.21 Å². The van der Waals surface area contributed by atoms with Crippen LogP contribution in [-0.2, 0) is 0 Å². The van der Waals surface area contributed by atoms with Gasteiger partial charge in [-0.3, -0.25) is 0 Å². The van der Waals surface area contributed by atoms with E-state index < -0.39 is 0 Å². The number of benzene rings is 1. The van der Waals surface area contributed by atoms with Gasteiger partial charge in [-0.15, -0.1) is 6.58 Å². The van der Waals surface area contributed by atoms with E-state index in [0.29, 0.717) is 5.71 Å². The summed E-state index contributed by atoms with van der Waals surface area (Å²) in [5.41, 5.74) is 1.17. The summed E-state index contributed by atoms with van der Waals surface area (Å²) < 4.78 is 1.000. The minimum atomic E-state index is -0.345. The largest absolute Gasteiger partial charge is 0.411 e. The van der Waals surface area contributed by atoms with Gasteiger partial charge in [0.1, 0.15) is 0 Å². The molecule has 0 aromatic heterocycles. The Bertz CT molecular complexity index is 379. The lowest BCUT2D eigenvalue weighted by Crippen LogP contribution is -2.22. The van der Waals surface area contributed by atoms with E-state index >= 15 is 0 Å². The number of halogens is 1. The minimum Gasteiger partial charge on any atom is -0.411 e. The average Bonchev–Trinajstić information content (AvgIpc) is 2.22. The van der Waals surface area contributed by atoms with Crippen molar-refractivity contribution in [2.75, 3.05) is 0 Å². The Balaban J connectivity index is 3.15. The fourth-order valence-corrected chi connectivity index (χ4v) is 1.53. The molecule has 1 aromatic carbocycles. The summed E-state index contributed by atoms with van der Waals surface area (Å²) in [6.45, 7) is 7.65. The topological polar surface area (TPSA) is 32.6 Å². The summed E-state index contributed by atoms with van der Waals surface area (Å²) in [4.78, 5) is 0. The second kappa shape index (κ2) is 4.62. The number of allylic oxidation sites excluding steroid dienone is 1. The third-order valence-corrected chi connectivity index (χ3v) is 2.87. The van der Waals surface area contributed by atoms with Gasteiger partial charge in [0.25, 0.3) is 0 Å². The molecule has 15 heavy (non-hydrogen) atoms. The highest BCUT2D eigenvalue weighted by atomic mass is 79.9. The van der Waals surface area contributed by atoms with Gasteiger partial charge in [0.15, 0.2) is 0 Å². The molecule has 1 aromatic rings. The Labute approximate surface area is 98.4 Å². The monoisotopic (exact) mass is 267 g/mol. The molecule has 0 bridgehead atoms. The maximum Gasteiger partial charge on any atom is 0.0961 e. The van der Waals surface area contributed by atoms with Crippen LogP contribution in [0.4, 0.5) is 0 Å². The van der Waals surface area contributed by atoms with Gasteiger partial charge >= 0.3 is 0 Å². The molecule has 0 spiro atoms. The Kier molecular flexibility index (Phi) is 3.69. The highest BCUT2D eigenvalue weighted by molar-refractivity contribution is 9.10. The van der Waals surface area contributed by atoms with Gasteiger partial charge in [-0.1, -0.05) is 53.1 Å². The molecule has 0 heterocycles. The maximum absolute atomic E-state index is 9.04. The van der Waals surface area contributed by atoms with Crippen molar-refractivity contribution in [1.82, 2.24) is 0 Å². The van der Waals surface area contributed by atoms with Crippen LogP contribution in [0.2, 0.25) is 0 Å². The first-order valence-corrected chi connectivity index (χ1v) is 5.42. The van der Waals surface area contributed by atoms with E-state index in [-0.39, 0.29) is 5.41 Å². The van der Waals surface area contributed by atoms with Crippen molar-refractivity contribution < 1.29 is 5.21 Å². The van der Waals surface area contributed by atoms with Gasteiger partial charge in [-0.25, -0.2) is 0 Å². The Morgan fingerprint density at radius 1 is 1.40 bits per heavy atom. The first kappa shape index (κ1) is 12.0. The number of nitrogens with zero attached hydrogens (tertiary/aromatic N) is 1. The zero-order valence-corrected chi connectivity index (χ0v) is 10.5. The van der Waals surface area contributed by atoms with Crippen molar-refractivity contribution in [3.8, 4) is 0 Å². The molecule has 0 unspecified atom stereocenters. The van der Waals surface area contributed by atoms with E-state index in [1.165, 1.54) is 0 Å². The molecule has 0 aliphatic carbocycles. The smallest absolute Gasteiger partial charge is 0.0961 e. The predicted octanol–water partition coefficient (Wildman–Crippen LogP) is 3.84. The molecule has 1 rings (SSSR count). The molecule has 0 aliphatic heterocycles. The van der Waals surface area contributed by atoms with E-state index in [2.05, 4.69) is 27.7 Å². The number of rotatable bonds is 3. The molecule has 0 radical (unpaired) electrons. The Morgan fingerprint density at radius 2 is 1.93 bits per heavy atom. The lowest BCUT2D eigenvalue weighted by molar-refractivity contribution is 0.313. The minimum absolute atomic E-state index is 0.345. The summed E-state index contributed by atoms with van der Waals surface area (Å²) >= 11 is 3.36. The van der Waals surface area contributed by atoms with Crippen molar-refractivity contribution in [1.29, 1.82) is 0 Å². The van der Waals surface area contributed by atoms with Gasteiger partial charge in [0.05, 0.1) is 5.71 Å². The molecule has 0 amide bonds. The quantitative estimate of drug-likeness (QED) is 0.384. The number of hydrogen-bond acceptors (Lipinski definition) is 2. The Hall–Kier alpha value is -1.09. The summed E-state index contributed by atoms with van der Waals surface area (Å²) in [6.07, 6.45) is 1.77. The van der Waals surface area contributed by atoms with Crippen LogP contribution in [-0.4, -0.2) is 10.9 Å². The fourth-order valence-electron chi connectivity index (χ4n) is 1.26. The van der Waals surface area contributed by atoms with Gasteiger partial charge in [0, 0.05) is 15.5 Å². The van der Waals surface area contributed by atoms with Crippen LogP contribution >= 0.6 is 15.9 Å². The van der Waals surface area contributed by atoms with Crippen molar-refractivity contribution in [3.05, 3.63) is 47.0 Å². The van der Waals surface area contributed by atoms with E-state index in [1.807, 2.05) is 38.1 Å². The van der Waals surface area contributed by atoms with E-state index in [1.54, 1.807) is 6.08 Å². The molecule has 0 saturated heterocycles. The van der Waals surface area contributed by atoms with Crippen molar-refractivity contribution >= 4 is 21.6 Å². The van der Waals surface area contributed by atoms with E-state index in [0.717, 1.165) is 10.0 Å². The third kappa shape index (κ3) is 2.69. The van der Waals surface area contributed by atoms with E-state index in [9.17, 15) is 0 Å². The molecule has 3 heteroatoms. The maximum atomic E-state index is 9.04. The summed E-state index contributed by atoms with van der Waals surface area (Å²) in [5, 5.41) is 12.4. The molecule has 0 saturated carbocycles. The van der Waals surface area contributed by atoms with Crippen molar-refractivity contribution in [2.24, 2.45) is 10.6 Å². The fraction of sp³-hybridized carbons (Fsp3) is 0.250. The van der Waals surface area contributed by atoms with Crippen molar-refractivity contribution in [2.45, 2.75) is 13.8 Å². The van der Waals surface area contributed by atoms with Gasteiger partial charge in [0.2, 0.25) is 0 Å². The summed E-state index contributed by atoms with van der Waals surface area (Å²) in [6, 6.07) is 7.65.